The summed E-state index contributed by atoms with van der Waals surface area (Å²) in [5.41, 5.74) is 0. The number of fused-ring (bicyclic) bond motifs is 2. The lowest BCUT2D eigenvalue weighted by molar-refractivity contribution is 0.0951. The molecule has 76 valence electrons. The van der Waals surface area contributed by atoms with Gasteiger partial charge >= 0.3 is 0 Å². The predicted octanol–water partition coefficient (Wildman–Crippen LogP) is 3.02. The lowest BCUT2D eigenvalue weighted by Gasteiger charge is -2.40. The van der Waals surface area contributed by atoms with Gasteiger partial charge in [0.05, 0.1) is 0 Å². The molecular weight excluding hydrogens is 182 g/mol. The molecule has 1 nitrogen and oxygen atoms in total. The predicted molar refractivity (Wildman–Crippen MR) is 57.3 cm³/mol. The van der Waals surface area contributed by atoms with E-state index in [2.05, 4.69) is 18.7 Å². The number of halogens is 1. The molecular formula is C11H20ClN. The lowest BCUT2D eigenvalue weighted by Crippen LogP contribution is -2.47. The van der Waals surface area contributed by atoms with E-state index in [0.29, 0.717) is 5.38 Å². The van der Waals surface area contributed by atoms with Crippen LogP contribution in [0.2, 0.25) is 0 Å². The van der Waals surface area contributed by atoms with Crippen molar-refractivity contribution in [1.82, 2.24) is 4.90 Å². The summed E-state index contributed by atoms with van der Waals surface area (Å²) in [5, 5.41) is 0.456. The molecule has 2 heterocycles. The van der Waals surface area contributed by atoms with Gasteiger partial charge in [0.1, 0.15) is 0 Å². The SMILES string of the molecule is CCC(C)N1C2CCC1CC(Cl)C2. The second-order valence-corrected chi connectivity index (χ2v) is 5.28. The van der Waals surface area contributed by atoms with Crippen molar-refractivity contribution in [2.45, 2.75) is 69.5 Å². The first kappa shape index (κ1) is 9.79. The fourth-order valence-corrected chi connectivity index (χ4v) is 3.49. The summed E-state index contributed by atoms with van der Waals surface area (Å²) in [5.74, 6) is 0. The molecule has 0 aromatic carbocycles. The molecule has 0 aromatic rings. The molecule has 2 rings (SSSR count). The van der Waals surface area contributed by atoms with Crippen LogP contribution in [-0.4, -0.2) is 28.4 Å². The Morgan fingerprint density at radius 3 is 2.31 bits per heavy atom. The Morgan fingerprint density at radius 1 is 1.31 bits per heavy atom. The maximum absolute atomic E-state index is 6.23. The van der Waals surface area contributed by atoms with Crippen LogP contribution in [0.4, 0.5) is 0 Å². The highest BCUT2D eigenvalue weighted by atomic mass is 35.5. The highest BCUT2D eigenvalue weighted by Crippen LogP contribution is 2.39. The third-order valence-electron chi connectivity index (χ3n) is 3.83. The van der Waals surface area contributed by atoms with Crippen LogP contribution in [0.3, 0.4) is 0 Å². The van der Waals surface area contributed by atoms with E-state index in [4.69, 9.17) is 11.6 Å². The van der Waals surface area contributed by atoms with Gasteiger partial charge in [0.2, 0.25) is 0 Å². The largest absolute Gasteiger partial charge is 0.295 e. The maximum atomic E-state index is 6.23. The van der Waals surface area contributed by atoms with E-state index >= 15 is 0 Å². The van der Waals surface area contributed by atoms with Gasteiger partial charge in [-0.1, -0.05) is 6.92 Å². The molecule has 0 amide bonds. The number of hydrogen-bond donors (Lipinski definition) is 0. The van der Waals surface area contributed by atoms with Crippen LogP contribution in [0.25, 0.3) is 0 Å². The van der Waals surface area contributed by atoms with Gasteiger partial charge < -0.3 is 0 Å². The fraction of sp³-hybridized carbons (Fsp3) is 1.00. The Balaban J connectivity index is 2.06. The van der Waals surface area contributed by atoms with Crippen molar-refractivity contribution >= 4 is 11.6 Å². The van der Waals surface area contributed by atoms with Crippen LogP contribution >= 0.6 is 11.6 Å². The maximum Gasteiger partial charge on any atom is 0.0365 e. The van der Waals surface area contributed by atoms with E-state index in [1.54, 1.807) is 0 Å². The van der Waals surface area contributed by atoms with Crippen molar-refractivity contribution in [2.24, 2.45) is 0 Å². The Labute approximate surface area is 86.4 Å². The Kier molecular flexibility index (Phi) is 2.85. The molecule has 2 fully saturated rings. The van der Waals surface area contributed by atoms with E-state index < -0.39 is 0 Å². The Morgan fingerprint density at radius 2 is 1.85 bits per heavy atom. The van der Waals surface area contributed by atoms with Crippen molar-refractivity contribution in [3.05, 3.63) is 0 Å². The zero-order chi connectivity index (χ0) is 9.42. The minimum absolute atomic E-state index is 0.456. The van der Waals surface area contributed by atoms with E-state index in [9.17, 15) is 0 Å². The molecule has 2 saturated heterocycles. The van der Waals surface area contributed by atoms with Gasteiger partial charge in [0.25, 0.3) is 0 Å². The van der Waals surface area contributed by atoms with Crippen molar-refractivity contribution in [2.75, 3.05) is 0 Å². The monoisotopic (exact) mass is 201 g/mol. The number of hydrogen-bond acceptors (Lipinski definition) is 1. The molecule has 0 aliphatic carbocycles. The molecule has 2 aliphatic rings. The summed E-state index contributed by atoms with van der Waals surface area (Å²) < 4.78 is 0. The van der Waals surface area contributed by atoms with E-state index in [1.807, 2.05) is 0 Å². The third kappa shape index (κ3) is 1.73. The van der Waals surface area contributed by atoms with Crippen molar-refractivity contribution in [1.29, 1.82) is 0 Å². The summed E-state index contributed by atoms with van der Waals surface area (Å²) in [6, 6.07) is 2.37. The summed E-state index contributed by atoms with van der Waals surface area (Å²) in [4.78, 5) is 2.74. The highest BCUT2D eigenvalue weighted by molar-refractivity contribution is 6.20. The first-order valence-corrected chi connectivity index (χ1v) is 6.07. The molecule has 3 unspecified atom stereocenters. The first-order chi connectivity index (χ1) is 6.22. The quantitative estimate of drug-likeness (QED) is 0.621. The van der Waals surface area contributed by atoms with Crippen LogP contribution < -0.4 is 0 Å². The van der Waals surface area contributed by atoms with Gasteiger partial charge in [-0.3, -0.25) is 4.90 Å². The van der Waals surface area contributed by atoms with E-state index in [0.717, 1.165) is 18.1 Å². The number of rotatable bonds is 2. The zero-order valence-electron chi connectivity index (χ0n) is 8.67. The van der Waals surface area contributed by atoms with Crippen LogP contribution in [0.5, 0.6) is 0 Å². The van der Waals surface area contributed by atoms with Crippen molar-refractivity contribution in [3.8, 4) is 0 Å². The molecule has 2 heteroatoms. The topological polar surface area (TPSA) is 3.24 Å². The molecule has 0 N–H and O–H groups in total. The van der Waals surface area contributed by atoms with Crippen molar-refractivity contribution in [3.63, 3.8) is 0 Å². The smallest absolute Gasteiger partial charge is 0.0365 e. The molecule has 0 radical (unpaired) electrons. The summed E-state index contributed by atoms with van der Waals surface area (Å²) in [6.45, 7) is 4.65. The van der Waals surface area contributed by atoms with Gasteiger partial charge in [-0.05, 0) is 39.0 Å². The van der Waals surface area contributed by atoms with Crippen LogP contribution in [0, 0.1) is 0 Å². The van der Waals surface area contributed by atoms with Gasteiger partial charge in [0.15, 0.2) is 0 Å². The van der Waals surface area contributed by atoms with Crippen molar-refractivity contribution < 1.29 is 0 Å². The second-order valence-electron chi connectivity index (χ2n) is 4.66. The van der Waals surface area contributed by atoms with Crippen LogP contribution in [-0.2, 0) is 0 Å². The fourth-order valence-electron chi connectivity index (χ4n) is 3.08. The van der Waals surface area contributed by atoms with Crippen LogP contribution in [0.15, 0.2) is 0 Å². The molecule has 13 heavy (non-hydrogen) atoms. The van der Waals surface area contributed by atoms with E-state index in [1.165, 1.54) is 32.1 Å². The normalized spacial score (nSPS) is 42.2. The number of alkyl halides is 1. The average Bonchev–Trinajstić information content (AvgIpc) is 2.37. The zero-order valence-corrected chi connectivity index (χ0v) is 9.43. The average molecular weight is 202 g/mol. The molecule has 3 atom stereocenters. The van der Waals surface area contributed by atoms with Crippen LogP contribution in [0.1, 0.15) is 46.0 Å². The molecule has 0 spiro atoms. The minimum atomic E-state index is 0.456. The van der Waals surface area contributed by atoms with Gasteiger partial charge in [-0.15, -0.1) is 11.6 Å². The summed E-state index contributed by atoms with van der Waals surface area (Å²) in [7, 11) is 0. The Bertz CT molecular complexity index is 169. The standard InChI is InChI=1S/C11H20ClN/c1-3-8(2)13-10-4-5-11(13)7-9(12)6-10/h8-11H,3-7H2,1-2H3. The summed E-state index contributed by atoms with van der Waals surface area (Å²) in [6.07, 6.45) is 6.50. The molecule has 2 aliphatic heterocycles. The third-order valence-corrected chi connectivity index (χ3v) is 4.19. The number of piperidine rings is 1. The van der Waals surface area contributed by atoms with E-state index in [-0.39, 0.29) is 0 Å². The summed E-state index contributed by atoms with van der Waals surface area (Å²) >= 11 is 6.23. The van der Waals surface area contributed by atoms with Gasteiger partial charge in [-0.2, -0.15) is 0 Å². The number of nitrogens with zero attached hydrogens (tertiary/aromatic N) is 1. The molecule has 0 aromatic heterocycles. The molecule has 2 bridgehead atoms. The first-order valence-electron chi connectivity index (χ1n) is 5.64. The second kappa shape index (κ2) is 3.78. The Hall–Kier alpha value is 0.250. The highest BCUT2D eigenvalue weighted by Gasteiger charge is 2.41. The van der Waals surface area contributed by atoms with Gasteiger partial charge in [0, 0.05) is 23.5 Å². The molecule has 0 saturated carbocycles. The lowest BCUT2D eigenvalue weighted by atomic mass is 9.99. The minimum Gasteiger partial charge on any atom is -0.295 e. The van der Waals surface area contributed by atoms with Gasteiger partial charge in [-0.25, -0.2) is 0 Å².